The fourth-order valence-corrected chi connectivity index (χ4v) is 2.43. The normalized spacial score (nSPS) is 11.0. The molecule has 0 fully saturated rings. The number of sulfonamides is 1. The smallest absolute Gasteiger partial charge is 0.238 e. The predicted octanol–water partition coefficient (Wildman–Crippen LogP) is 1.74. The van der Waals surface area contributed by atoms with Crippen molar-refractivity contribution >= 4 is 10.0 Å². The van der Waals surface area contributed by atoms with E-state index < -0.39 is 10.0 Å². The summed E-state index contributed by atoms with van der Waals surface area (Å²) < 4.78 is 28.2. The molecular formula is C13H17NO3S. The van der Waals surface area contributed by atoms with E-state index in [0.29, 0.717) is 24.3 Å². The van der Waals surface area contributed by atoms with Crippen LogP contribution in [0.1, 0.15) is 24.0 Å². The summed E-state index contributed by atoms with van der Waals surface area (Å²) in [7, 11) is -3.68. The van der Waals surface area contributed by atoms with Crippen molar-refractivity contribution in [2.75, 3.05) is 6.61 Å². The maximum absolute atomic E-state index is 11.3. The molecule has 4 nitrogen and oxygen atoms in total. The molecule has 0 atom stereocenters. The van der Waals surface area contributed by atoms with Crippen LogP contribution < -0.4 is 9.88 Å². The maximum Gasteiger partial charge on any atom is 0.238 e. The van der Waals surface area contributed by atoms with Gasteiger partial charge in [0.25, 0.3) is 0 Å². The molecule has 0 amide bonds. The van der Waals surface area contributed by atoms with Crippen molar-refractivity contribution in [1.29, 1.82) is 0 Å². The fraction of sp³-hybridized carbons (Fsp3) is 0.385. The Morgan fingerprint density at radius 1 is 1.33 bits per heavy atom. The fourth-order valence-electron chi connectivity index (χ4n) is 1.58. The molecule has 5 heteroatoms. The van der Waals surface area contributed by atoms with Gasteiger partial charge in [0.05, 0.1) is 11.5 Å². The number of benzene rings is 1. The lowest BCUT2D eigenvalue weighted by Crippen LogP contribution is -2.14. The zero-order valence-corrected chi connectivity index (χ0v) is 11.4. The lowest BCUT2D eigenvalue weighted by atomic mass is 10.1. The minimum Gasteiger partial charge on any atom is -0.493 e. The molecular weight excluding hydrogens is 250 g/mol. The highest BCUT2D eigenvalue weighted by Gasteiger charge is 2.14. The molecule has 0 saturated heterocycles. The summed E-state index contributed by atoms with van der Waals surface area (Å²) in [5, 5.41) is 5.13. The Kier molecular flexibility index (Phi) is 4.76. The van der Waals surface area contributed by atoms with Crippen molar-refractivity contribution in [3.05, 3.63) is 23.3 Å². The van der Waals surface area contributed by atoms with E-state index >= 15 is 0 Å². The first-order chi connectivity index (χ1) is 8.36. The van der Waals surface area contributed by atoms with Gasteiger partial charge in [-0.05, 0) is 43.5 Å². The number of ether oxygens (including phenoxy) is 1. The number of terminal acetylenes is 1. The third-order valence-electron chi connectivity index (χ3n) is 2.50. The molecule has 0 heterocycles. The first-order valence-corrected chi connectivity index (χ1v) is 7.11. The van der Waals surface area contributed by atoms with Crippen LogP contribution in [-0.4, -0.2) is 15.0 Å². The molecule has 0 aliphatic rings. The predicted molar refractivity (Wildman–Crippen MR) is 70.9 cm³/mol. The molecule has 98 valence electrons. The third-order valence-corrected chi connectivity index (χ3v) is 3.55. The Bertz CT molecular complexity index is 571. The summed E-state index contributed by atoms with van der Waals surface area (Å²) in [6.07, 6.45) is 6.57. The molecule has 1 rings (SSSR count). The van der Waals surface area contributed by atoms with Crippen LogP contribution in [0.4, 0.5) is 0 Å². The van der Waals surface area contributed by atoms with Crippen LogP contribution in [0.2, 0.25) is 0 Å². The number of hydrogen-bond donors (Lipinski definition) is 1. The molecule has 0 radical (unpaired) electrons. The Morgan fingerprint density at radius 3 is 2.56 bits per heavy atom. The Morgan fingerprint density at radius 2 is 2.00 bits per heavy atom. The van der Waals surface area contributed by atoms with Crippen LogP contribution in [0.25, 0.3) is 0 Å². The number of rotatable bonds is 5. The highest BCUT2D eigenvalue weighted by atomic mass is 32.2. The lowest BCUT2D eigenvalue weighted by Gasteiger charge is -2.12. The molecule has 1 aromatic carbocycles. The second kappa shape index (κ2) is 5.89. The monoisotopic (exact) mass is 267 g/mol. The number of aryl methyl sites for hydroxylation is 2. The van der Waals surface area contributed by atoms with Crippen LogP contribution in [0.3, 0.4) is 0 Å². The Hall–Kier alpha value is -1.51. The van der Waals surface area contributed by atoms with Gasteiger partial charge >= 0.3 is 0 Å². The van der Waals surface area contributed by atoms with Crippen LogP contribution >= 0.6 is 0 Å². The molecule has 18 heavy (non-hydrogen) atoms. The minimum absolute atomic E-state index is 0.135. The molecule has 0 unspecified atom stereocenters. The van der Waals surface area contributed by atoms with Crippen molar-refractivity contribution in [3.8, 4) is 18.1 Å². The highest BCUT2D eigenvalue weighted by Crippen LogP contribution is 2.25. The quantitative estimate of drug-likeness (QED) is 0.652. The van der Waals surface area contributed by atoms with Crippen molar-refractivity contribution in [2.45, 2.75) is 31.6 Å². The molecule has 0 saturated carbocycles. The van der Waals surface area contributed by atoms with Crippen LogP contribution in [0.5, 0.6) is 5.75 Å². The van der Waals surface area contributed by atoms with Crippen molar-refractivity contribution in [2.24, 2.45) is 5.14 Å². The van der Waals surface area contributed by atoms with Gasteiger partial charge in [-0.15, -0.1) is 12.3 Å². The summed E-state index contributed by atoms with van der Waals surface area (Å²) in [6.45, 7) is 3.98. The second-order valence-electron chi connectivity index (χ2n) is 4.08. The lowest BCUT2D eigenvalue weighted by molar-refractivity contribution is 0.310. The summed E-state index contributed by atoms with van der Waals surface area (Å²) >= 11 is 0. The van der Waals surface area contributed by atoms with E-state index in [-0.39, 0.29) is 4.90 Å². The van der Waals surface area contributed by atoms with Crippen LogP contribution in [0.15, 0.2) is 17.0 Å². The van der Waals surface area contributed by atoms with Crippen LogP contribution in [-0.2, 0) is 10.0 Å². The number of primary sulfonamides is 1. The van der Waals surface area contributed by atoms with Gasteiger partial charge in [-0.3, -0.25) is 0 Å². The number of nitrogens with two attached hydrogens (primary N) is 1. The van der Waals surface area contributed by atoms with Crippen molar-refractivity contribution in [1.82, 2.24) is 0 Å². The summed E-state index contributed by atoms with van der Waals surface area (Å²) in [4.78, 5) is 0.135. The van der Waals surface area contributed by atoms with E-state index in [1.54, 1.807) is 19.9 Å². The summed E-state index contributed by atoms with van der Waals surface area (Å²) in [5.74, 6) is 3.20. The minimum atomic E-state index is -3.68. The Labute approximate surface area is 108 Å². The van der Waals surface area contributed by atoms with Gasteiger partial charge in [-0.25, -0.2) is 13.6 Å². The topological polar surface area (TPSA) is 69.4 Å². The molecule has 0 spiro atoms. The molecule has 2 N–H and O–H groups in total. The second-order valence-corrected chi connectivity index (χ2v) is 5.61. The van der Waals surface area contributed by atoms with Crippen LogP contribution in [0, 0.1) is 26.2 Å². The van der Waals surface area contributed by atoms with Crippen molar-refractivity contribution in [3.63, 3.8) is 0 Å². The van der Waals surface area contributed by atoms with Gasteiger partial charge in [0.1, 0.15) is 5.75 Å². The maximum atomic E-state index is 11.3. The van der Waals surface area contributed by atoms with E-state index in [0.717, 1.165) is 12.0 Å². The molecule has 0 aromatic heterocycles. The zero-order valence-electron chi connectivity index (χ0n) is 10.6. The van der Waals surface area contributed by atoms with Crippen molar-refractivity contribution < 1.29 is 13.2 Å². The van der Waals surface area contributed by atoms with Gasteiger partial charge in [0, 0.05) is 6.42 Å². The van der Waals surface area contributed by atoms with Gasteiger partial charge < -0.3 is 4.74 Å². The Balaban J connectivity index is 2.91. The van der Waals surface area contributed by atoms with Gasteiger partial charge in [0.15, 0.2) is 0 Å². The standard InChI is InChI=1S/C13H17NO3S/c1-4-5-6-7-17-12-8-11(3)13(9-10(12)2)18(14,15)16/h1,8-9H,5-7H2,2-3H3,(H2,14,15,16). The SMILES string of the molecule is C#CCCCOc1cc(C)c(S(N)(=O)=O)cc1C. The number of hydrogen-bond acceptors (Lipinski definition) is 3. The summed E-state index contributed by atoms with van der Waals surface area (Å²) in [5.41, 5.74) is 1.32. The van der Waals surface area contributed by atoms with Gasteiger partial charge in [-0.1, -0.05) is 0 Å². The van der Waals surface area contributed by atoms with Gasteiger partial charge in [0.2, 0.25) is 10.0 Å². The van der Waals surface area contributed by atoms with E-state index in [1.807, 2.05) is 0 Å². The number of unbranched alkanes of at least 4 members (excludes halogenated alkanes) is 1. The largest absolute Gasteiger partial charge is 0.493 e. The van der Waals surface area contributed by atoms with E-state index in [2.05, 4.69) is 5.92 Å². The molecule has 0 bridgehead atoms. The molecule has 0 aliphatic heterocycles. The van der Waals surface area contributed by atoms with E-state index in [9.17, 15) is 8.42 Å². The average molecular weight is 267 g/mol. The highest BCUT2D eigenvalue weighted by molar-refractivity contribution is 7.89. The average Bonchev–Trinajstić information content (AvgIpc) is 2.27. The third kappa shape index (κ3) is 3.76. The zero-order chi connectivity index (χ0) is 13.8. The first kappa shape index (κ1) is 14.6. The van der Waals surface area contributed by atoms with E-state index in [1.165, 1.54) is 6.07 Å². The van der Waals surface area contributed by atoms with Gasteiger partial charge in [-0.2, -0.15) is 0 Å². The first-order valence-electron chi connectivity index (χ1n) is 5.56. The van der Waals surface area contributed by atoms with E-state index in [4.69, 9.17) is 16.3 Å². The molecule has 1 aromatic rings. The summed E-state index contributed by atoms with van der Waals surface area (Å²) in [6, 6.07) is 3.21. The molecule has 0 aliphatic carbocycles.